The molecular formula is C13H18ClN5O2. The lowest BCUT2D eigenvalue weighted by molar-refractivity contribution is -0.132. The number of nitrogens with zero attached hydrogens (tertiary/aromatic N) is 3. The average Bonchev–Trinajstić information content (AvgIpc) is 2.82. The van der Waals surface area contributed by atoms with Gasteiger partial charge in [0, 0.05) is 13.6 Å². The van der Waals surface area contributed by atoms with Crippen molar-refractivity contribution in [1.29, 1.82) is 0 Å². The largest absolute Gasteiger partial charge is 0.325 e. The molecule has 1 aromatic heterocycles. The van der Waals surface area contributed by atoms with Gasteiger partial charge in [0.05, 0.1) is 23.0 Å². The lowest BCUT2D eigenvalue weighted by Gasteiger charge is -2.31. The van der Waals surface area contributed by atoms with Crippen molar-refractivity contribution in [2.75, 3.05) is 13.1 Å². The third kappa shape index (κ3) is 2.20. The Bertz CT molecular complexity index is 606. The zero-order valence-electron chi connectivity index (χ0n) is 12.1. The van der Waals surface area contributed by atoms with Crippen LogP contribution in [0.4, 0.5) is 4.79 Å². The molecule has 0 bridgehead atoms. The first-order valence-electron chi connectivity index (χ1n) is 6.97. The molecule has 1 aromatic rings. The van der Waals surface area contributed by atoms with Gasteiger partial charge in [-0.2, -0.15) is 5.10 Å². The van der Waals surface area contributed by atoms with E-state index in [1.807, 2.05) is 0 Å². The molecule has 114 valence electrons. The van der Waals surface area contributed by atoms with Gasteiger partial charge in [0.15, 0.2) is 0 Å². The fourth-order valence-electron chi connectivity index (χ4n) is 3.02. The van der Waals surface area contributed by atoms with Crippen molar-refractivity contribution in [3.63, 3.8) is 0 Å². The van der Waals surface area contributed by atoms with E-state index >= 15 is 0 Å². The van der Waals surface area contributed by atoms with E-state index in [-0.39, 0.29) is 18.5 Å². The number of carbonyl (C=O) groups excluding carboxylic acids is 2. The van der Waals surface area contributed by atoms with Crippen molar-refractivity contribution in [1.82, 2.24) is 25.3 Å². The molecule has 2 fully saturated rings. The quantitative estimate of drug-likeness (QED) is 0.782. The lowest BCUT2D eigenvalue weighted by Crippen LogP contribution is -2.57. The highest BCUT2D eigenvalue weighted by Crippen LogP contribution is 2.28. The highest BCUT2D eigenvalue weighted by molar-refractivity contribution is 6.31. The molecule has 3 heterocycles. The number of aryl methyl sites for hydroxylation is 2. The van der Waals surface area contributed by atoms with Gasteiger partial charge in [-0.25, -0.2) is 4.79 Å². The Morgan fingerprint density at radius 2 is 2.19 bits per heavy atom. The molecule has 21 heavy (non-hydrogen) atoms. The molecular weight excluding hydrogens is 294 g/mol. The number of rotatable bonds is 2. The van der Waals surface area contributed by atoms with Gasteiger partial charge in [0.25, 0.3) is 5.91 Å². The molecule has 7 nitrogen and oxygen atoms in total. The SMILES string of the molecule is Cc1nn(C)c(CN2C(=O)NC3(CCCNC3)C2=O)c1Cl. The maximum absolute atomic E-state index is 12.7. The van der Waals surface area contributed by atoms with Crippen LogP contribution in [0, 0.1) is 6.92 Å². The summed E-state index contributed by atoms with van der Waals surface area (Å²) < 4.78 is 1.61. The first-order chi connectivity index (χ1) is 9.94. The fourth-order valence-corrected chi connectivity index (χ4v) is 3.24. The molecule has 0 aromatic carbocycles. The Kier molecular flexibility index (Phi) is 3.41. The number of piperidine rings is 1. The molecule has 3 rings (SSSR count). The number of urea groups is 1. The Hall–Kier alpha value is -1.60. The molecule has 0 saturated carbocycles. The smallest absolute Gasteiger partial charge is 0.322 e. The summed E-state index contributed by atoms with van der Waals surface area (Å²) in [7, 11) is 1.75. The van der Waals surface area contributed by atoms with E-state index in [1.54, 1.807) is 18.7 Å². The summed E-state index contributed by atoms with van der Waals surface area (Å²) in [6.45, 7) is 3.29. The van der Waals surface area contributed by atoms with Crippen LogP contribution in [0.3, 0.4) is 0 Å². The standard InChI is InChI=1S/C13H18ClN5O2/c1-8-10(14)9(18(2)17-8)6-19-11(20)13(16-12(19)21)4-3-5-15-7-13/h15H,3-7H2,1-2H3,(H,16,21). The first-order valence-corrected chi connectivity index (χ1v) is 7.35. The van der Waals surface area contributed by atoms with Crippen molar-refractivity contribution < 1.29 is 9.59 Å². The number of nitrogens with one attached hydrogen (secondary N) is 2. The van der Waals surface area contributed by atoms with Gasteiger partial charge in [0.1, 0.15) is 5.54 Å². The molecule has 0 aliphatic carbocycles. The minimum atomic E-state index is -0.796. The summed E-state index contributed by atoms with van der Waals surface area (Å²) in [5.74, 6) is -0.186. The molecule has 1 atom stereocenters. The van der Waals surface area contributed by atoms with Crippen LogP contribution in [-0.2, 0) is 18.4 Å². The van der Waals surface area contributed by atoms with E-state index in [0.717, 1.165) is 13.0 Å². The van der Waals surface area contributed by atoms with E-state index in [2.05, 4.69) is 15.7 Å². The highest BCUT2D eigenvalue weighted by atomic mass is 35.5. The number of aromatic nitrogens is 2. The van der Waals surface area contributed by atoms with Crippen molar-refractivity contribution in [3.05, 3.63) is 16.4 Å². The van der Waals surface area contributed by atoms with E-state index in [9.17, 15) is 9.59 Å². The topological polar surface area (TPSA) is 79.3 Å². The van der Waals surface area contributed by atoms with Gasteiger partial charge < -0.3 is 10.6 Å². The van der Waals surface area contributed by atoms with Crippen molar-refractivity contribution >= 4 is 23.5 Å². The van der Waals surface area contributed by atoms with Crippen LogP contribution in [-0.4, -0.2) is 45.2 Å². The van der Waals surface area contributed by atoms with Crippen molar-refractivity contribution in [2.45, 2.75) is 31.8 Å². The van der Waals surface area contributed by atoms with Crippen LogP contribution >= 0.6 is 11.6 Å². The number of hydrogen-bond acceptors (Lipinski definition) is 4. The molecule has 0 radical (unpaired) electrons. The summed E-state index contributed by atoms with van der Waals surface area (Å²) >= 11 is 6.20. The number of imide groups is 1. The fraction of sp³-hybridized carbons (Fsp3) is 0.615. The number of halogens is 1. The van der Waals surface area contributed by atoms with Gasteiger partial charge in [-0.3, -0.25) is 14.4 Å². The second kappa shape index (κ2) is 4.99. The van der Waals surface area contributed by atoms with Crippen molar-refractivity contribution in [3.8, 4) is 0 Å². The molecule has 1 unspecified atom stereocenters. The second-order valence-corrected chi connectivity index (χ2v) is 6.03. The molecule has 2 aliphatic heterocycles. The van der Waals surface area contributed by atoms with Crippen LogP contribution in [0.1, 0.15) is 24.2 Å². The van der Waals surface area contributed by atoms with Gasteiger partial charge in [-0.05, 0) is 26.3 Å². The van der Waals surface area contributed by atoms with E-state index in [1.165, 1.54) is 4.90 Å². The third-order valence-electron chi connectivity index (χ3n) is 4.20. The lowest BCUT2D eigenvalue weighted by atomic mass is 9.90. The Morgan fingerprint density at radius 1 is 1.43 bits per heavy atom. The molecule has 2 saturated heterocycles. The summed E-state index contributed by atoms with van der Waals surface area (Å²) in [5.41, 5.74) is 0.559. The van der Waals surface area contributed by atoms with Crippen LogP contribution in [0.5, 0.6) is 0 Å². The highest BCUT2D eigenvalue weighted by Gasteiger charge is 2.51. The van der Waals surface area contributed by atoms with Crippen LogP contribution in [0.2, 0.25) is 5.02 Å². The van der Waals surface area contributed by atoms with Gasteiger partial charge in [-0.15, -0.1) is 0 Å². The minimum Gasteiger partial charge on any atom is -0.322 e. The van der Waals surface area contributed by atoms with E-state index in [4.69, 9.17) is 11.6 Å². The Labute approximate surface area is 127 Å². The summed E-state index contributed by atoms with van der Waals surface area (Å²) in [5, 5.41) is 10.7. The monoisotopic (exact) mass is 311 g/mol. The predicted molar refractivity (Wildman–Crippen MR) is 76.9 cm³/mol. The normalized spacial score (nSPS) is 25.8. The van der Waals surface area contributed by atoms with Crippen LogP contribution in [0.15, 0.2) is 0 Å². The van der Waals surface area contributed by atoms with Gasteiger partial charge in [0.2, 0.25) is 0 Å². The molecule has 8 heteroatoms. The average molecular weight is 312 g/mol. The molecule has 3 amide bonds. The van der Waals surface area contributed by atoms with Crippen molar-refractivity contribution in [2.24, 2.45) is 7.05 Å². The maximum Gasteiger partial charge on any atom is 0.325 e. The molecule has 1 spiro atoms. The van der Waals surface area contributed by atoms with E-state index in [0.29, 0.717) is 29.4 Å². The van der Waals surface area contributed by atoms with Gasteiger partial charge >= 0.3 is 6.03 Å². The number of amides is 3. The van der Waals surface area contributed by atoms with E-state index < -0.39 is 5.54 Å². The Balaban J connectivity index is 1.86. The first kappa shape index (κ1) is 14.3. The summed E-state index contributed by atoms with van der Waals surface area (Å²) in [6.07, 6.45) is 1.53. The zero-order valence-corrected chi connectivity index (χ0v) is 12.8. The third-order valence-corrected chi connectivity index (χ3v) is 4.69. The summed E-state index contributed by atoms with van der Waals surface area (Å²) in [6, 6.07) is -0.362. The van der Waals surface area contributed by atoms with Crippen LogP contribution in [0.25, 0.3) is 0 Å². The Morgan fingerprint density at radius 3 is 2.76 bits per heavy atom. The van der Waals surface area contributed by atoms with Crippen LogP contribution < -0.4 is 10.6 Å². The number of hydrogen-bond donors (Lipinski definition) is 2. The second-order valence-electron chi connectivity index (χ2n) is 5.65. The molecule has 2 aliphatic rings. The summed E-state index contributed by atoms with van der Waals surface area (Å²) in [4.78, 5) is 26.1. The number of carbonyl (C=O) groups is 2. The minimum absolute atomic E-state index is 0.141. The zero-order chi connectivity index (χ0) is 15.2. The van der Waals surface area contributed by atoms with Gasteiger partial charge in [-0.1, -0.05) is 11.6 Å². The maximum atomic E-state index is 12.7. The predicted octanol–water partition coefficient (Wildman–Crippen LogP) is 0.556. The molecule has 2 N–H and O–H groups in total.